The van der Waals surface area contributed by atoms with E-state index in [-0.39, 0.29) is 28.5 Å². The Morgan fingerprint density at radius 1 is 1.53 bits per heavy atom. The highest BCUT2D eigenvalue weighted by Gasteiger charge is 2.54. The molecule has 1 aliphatic carbocycles. The quantitative estimate of drug-likeness (QED) is 0.811. The first-order valence-corrected chi connectivity index (χ1v) is 7.93. The van der Waals surface area contributed by atoms with Crippen LogP contribution in [0.5, 0.6) is 0 Å². The fraction of sp³-hybridized carbons (Fsp3) is 0.846. The number of piperidine rings is 1. The van der Waals surface area contributed by atoms with Gasteiger partial charge in [-0.05, 0) is 39.5 Å². The lowest BCUT2D eigenvalue weighted by molar-refractivity contribution is -0.133. The number of amides is 1. The molecule has 0 radical (unpaired) electrons. The van der Waals surface area contributed by atoms with Gasteiger partial charge in [0.05, 0.1) is 12.1 Å². The van der Waals surface area contributed by atoms with Crippen LogP contribution < -0.4 is 5.73 Å². The third kappa shape index (κ3) is 2.82. The Balaban J connectivity index is 2.00. The molecule has 5 atom stereocenters. The Kier molecular flexibility index (Phi) is 3.72. The van der Waals surface area contributed by atoms with Crippen LogP contribution in [0.3, 0.4) is 0 Å². The highest BCUT2D eigenvalue weighted by molar-refractivity contribution is 7.86. The summed E-state index contributed by atoms with van der Waals surface area (Å²) in [6.07, 6.45) is 1.75. The molecular weight excluding hydrogens is 262 g/mol. The predicted octanol–water partition coefficient (Wildman–Crippen LogP) is 0.374. The second-order valence-electron chi connectivity index (χ2n) is 6.42. The molecule has 2 unspecified atom stereocenters. The lowest BCUT2D eigenvalue weighted by Crippen LogP contribution is -2.50. The van der Waals surface area contributed by atoms with Crippen molar-refractivity contribution in [1.29, 1.82) is 5.26 Å². The molecule has 2 rings (SSSR count). The summed E-state index contributed by atoms with van der Waals surface area (Å²) in [5.74, 6) is 0.428. The monoisotopic (exact) mass is 283 g/mol. The predicted molar refractivity (Wildman–Crippen MR) is 73.5 cm³/mol. The van der Waals surface area contributed by atoms with Crippen LogP contribution in [-0.2, 0) is 15.6 Å². The zero-order chi connectivity index (χ0) is 14.4. The molecule has 0 spiro atoms. The first-order chi connectivity index (χ1) is 8.75. The van der Waals surface area contributed by atoms with Crippen LogP contribution in [-0.4, -0.2) is 43.6 Å². The number of fused-ring (bicyclic) bond motifs is 1. The zero-order valence-electron chi connectivity index (χ0n) is 11.6. The molecule has 1 heterocycles. The van der Waals surface area contributed by atoms with Crippen molar-refractivity contribution in [1.82, 2.24) is 4.90 Å². The fourth-order valence-electron chi connectivity index (χ4n) is 2.56. The van der Waals surface area contributed by atoms with Gasteiger partial charge in [0.1, 0.15) is 6.04 Å². The highest BCUT2D eigenvalue weighted by atomic mass is 32.2. The van der Waals surface area contributed by atoms with Crippen LogP contribution in [0.2, 0.25) is 0 Å². The molecule has 2 aliphatic rings. The van der Waals surface area contributed by atoms with Gasteiger partial charge in [-0.25, -0.2) is 0 Å². The first-order valence-electron chi connectivity index (χ1n) is 6.61. The van der Waals surface area contributed by atoms with E-state index >= 15 is 0 Å². The van der Waals surface area contributed by atoms with Gasteiger partial charge < -0.3 is 10.6 Å². The molecule has 19 heavy (non-hydrogen) atoms. The van der Waals surface area contributed by atoms with Crippen molar-refractivity contribution in [2.24, 2.45) is 11.7 Å². The number of rotatable bonds is 3. The molecule has 2 N–H and O–H groups in total. The van der Waals surface area contributed by atoms with Crippen LogP contribution in [0.4, 0.5) is 0 Å². The lowest BCUT2D eigenvalue weighted by atomic mass is 10.2. The van der Waals surface area contributed by atoms with Crippen LogP contribution in [0.15, 0.2) is 0 Å². The molecule has 106 valence electrons. The first kappa shape index (κ1) is 14.5. The third-order valence-electron chi connectivity index (χ3n) is 3.84. The number of likely N-dealkylation sites (tertiary alicyclic amines) is 1. The van der Waals surface area contributed by atoms with Crippen molar-refractivity contribution in [3.8, 4) is 6.07 Å². The summed E-state index contributed by atoms with van der Waals surface area (Å²) in [4.78, 5) is 14.0. The molecule has 0 aromatic rings. The van der Waals surface area contributed by atoms with Gasteiger partial charge in [0, 0.05) is 27.3 Å². The Morgan fingerprint density at radius 3 is 2.68 bits per heavy atom. The molecule has 6 heteroatoms. The summed E-state index contributed by atoms with van der Waals surface area (Å²) >= 11 is 0. The molecule has 1 saturated carbocycles. The third-order valence-corrected chi connectivity index (χ3v) is 5.87. The van der Waals surface area contributed by atoms with Gasteiger partial charge in [-0.15, -0.1) is 0 Å². The van der Waals surface area contributed by atoms with Crippen LogP contribution in [0, 0.1) is 17.2 Å². The van der Waals surface area contributed by atoms with E-state index in [0.29, 0.717) is 5.92 Å². The minimum Gasteiger partial charge on any atom is -0.322 e. The number of hydrogen-bond acceptors (Lipinski definition) is 4. The van der Waals surface area contributed by atoms with E-state index in [0.717, 1.165) is 12.8 Å². The van der Waals surface area contributed by atoms with Gasteiger partial charge in [-0.3, -0.25) is 9.00 Å². The summed E-state index contributed by atoms with van der Waals surface area (Å²) in [7, 11) is -1.15. The topological polar surface area (TPSA) is 87.2 Å². The Labute approximate surface area is 116 Å². The summed E-state index contributed by atoms with van der Waals surface area (Å²) in [6.45, 7) is 5.60. The van der Waals surface area contributed by atoms with E-state index in [1.807, 2.05) is 20.8 Å². The van der Waals surface area contributed by atoms with Gasteiger partial charge in [-0.2, -0.15) is 5.26 Å². The molecule has 0 bridgehead atoms. The number of carbonyl (C=O) groups is 1. The van der Waals surface area contributed by atoms with Gasteiger partial charge >= 0.3 is 0 Å². The average molecular weight is 283 g/mol. The summed E-state index contributed by atoms with van der Waals surface area (Å²) in [5, 5.41) is 9.07. The van der Waals surface area contributed by atoms with Crippen molar-refractivity contribution in [2.75, 3.05) is 5.75 Å². The smallest absolute Gasteiger partial charge is 0.241 e. The van der Waals surface area contributed by atoms with Crippen LogP contribution in [0.25, 0.3) is 0 Å². The van der Waals surface area contributed by atoms with Crippen molar-refractivity contribution < 1.29 is 9.00 Å². The summed E-state index contributed by atoms with van der Waals surface area (Å²) in [5.41, 5.74) is 5.90. The van der Waals surface area contributed by atoms with Crippen molar-refractivity contribution in [3.05, 3.63) is 0 Å². The maximum atomic E-state index is 12.3. The molecular formula is C13H21N3O2S. The maximum absolute atomic E-state index is 12.3. The van der Waals surface area contributed by atoms with Gasteiger partial charge in [-0.1, -0.05) is 0 Å². The summed E-state index contributed by atoms with van der Waals surface area (Å²) in [6, 6.07) is 1.26. The van der Waals surface area contributed by atoms with Gasteiger partial charge in [0.25, 0.3) is 0 Å². The minimum absolute atomic E-state index is 0.161. The normalized spacial score (nSPS) is 32.4. The van der Waals surface area contributed by atoms with Crippen molar-refractivity contribution in [2.45, 2.75) is 56.5 Å². The Bertz CT molecular complexity index is 452. The number of nitriles is 1. The number of carbonyl (C=O) groups excluding carboxylic acids is 1. The van der Waals surface area contributed by atoms with Crippen molar-refractivity contribution >= 4 is 16.7 Å². The Hall–Kier alpha value is -0.930. The second kappa shape index (κ2) is 4.88. The van der Waals surface area contributed by atoms with Gasteiger partial charge in [0.15, 0.2) is 0 Å². The van der Waals surface area contributed by atoms with Crippen LogP contribution >= 0.6 is 0 Å². The van der Waals surface area contributed by atoms with Gasteiger partial charge in [0.2, 0.25) is 5.91 Å². The largest absolute Gasteiger partial charge is 0.322 e. The molecule has 0 aromatic heterocycles. The second-order valence-corrected chi connectivity index (χ2v) is 8.67. The standard InChI is InChI=1S/C13H21N3O2S/c1-13(2,3)19(18)7-10(15)12(17)16-9(6-14)4-8-5-11(8)16/h8-11H,4-5,7,15H2,1-3H3/t8-,9?,10+,11+,19?/m1/s1. The zero-order valence-corrected chi connectivity index (χ0v) is 12.4. The number of nitrogens with two attached hydrogens (primary N) is 1. The molecule has 1 amide bonds. The van der Waals surface area contributed by atoms with Crippen molar-refractivity contribution in [3.63, 3.8) is 0 Å². The molecule has 1 aliphatic heterocycles. The van der Waals surface area contributed by atoms with Crippen LogP contribution in [0.1, 0.15) is 33.6 Å². The molecule has 2 fully saturated rings. The number of hydrogen-bond donors (Lipinski definition) is 1. The maximum Gasteiger partial charge on any atom is 0.241 e. The van der Waals surface area contributed by atoms with E-state index in [2.05, 4.69) is 6.07 Å². The fourth-order valence-corrected chi connectivity index (χ4v) is 3.53. The molecule has 5 nitrogen and oxygen atoms in total. The van der Waals surface area contributed by atoms with E-state index in [1.54, 1.807) is 4.90 Å². The van der Waals surface area contributed by atoms with E-state index in [1.165, 1.54) is 0 Å². The molecule has 1 saturated heterocycles. The Morgan fingerprint density at radius 2 is 2.16 bits per heavy atom. The highest BCUT2D eigenvalue weighted by Crippen LogP contribution is 2.47. The van der Waals surface area contributed by atoms with E-state index in [4.69, 9.17) is 11.0 Å². The van der Waals surface area contributed by atoms with E-state index in [9.17, 15) is 9.00 Å². The minimum atomic E-state index is -1.15. The SMILES string of the molecule is CC(C)(C)S(=O)C[C@H](N)C(=O)N1C(C#N)C[C@@H]2C[C@@H]21. The number of nitrogens with zero attached hydrogens (tertiary/aromatic N) is 2. The lowest BCUT2D eigenvalue weighted by Gasteiger charge is -2.27. The summed E-state index contributed by atoms with van der Waals surface area (Å²) < 4.78 is 11.7. The average Bonchev–Trinajstić information content (AvgIpc) is 2.98. The van der Waals surface area contributed by atoms with E-state index < -0.39 is 16.8 Å². The molecule has 0 aromatic carbocycles.